The second-order valence-corrected chi connectivity index (χ2v) is 9.07. The van der Waals surface area contributed by atoms with Crippen LogP contribution in [-0.4, -0.2) is 36.3 Å². The summed E-state index contributed by atoms with van der Waals surface area (Å²) in [6.45, 7) is 1.86. The second-order valence-electron chi connectivity index (χ2n) is 7.12. The Morgan fingerprint density at radius 1 is 1.25 bits per heavy atom. The third-order valence-corrected chi connectivity index (χ3v) is 7.40. The Labute approximate surface area is 171 Å². The molecule has 5 nitrogen and oxygen atoms in total. The smallest absolute Gasteiger partial charge is 0.125 e. The fourth-order valence-electron chi connectivity index (χ4n) is 4.00. The van der Waals surface area contributed by atoms with Gasteiger partial charge in [-0.3, -0.25) is 0 Å². The zero-order valence-electron chi connectivity index (χ0n) is 15.6. The van der Waals surface area contributed by atoms with Crippen molar-refractivity contribution in [3.63, 3.8) is 0 Å². The number of hydrogen-bond donors (Lipinski definition) is 2. The Kier molecular flexibility index (Phi) is 4.98. The Hall–Kier alpha value is -2.06. The molecule has 7 heteroatoms. The molecule has 0 saturated carbocycles. The first kappa shape index (κ1) is 18.0. The summed E-state index contributed by atoms with van der Waals surface area (Å²) in [6, 6.07) is 11.2. The highest BCUT2D eigenvalue weighted by molar-refractivity contribution is 7.18. The van der Waals surface area contributed by atoms with Gasteiger partial charge in [-0.05, 0) is 49.7 Å². The van der Waals surface area contributed by atoms with Gasteiger partial charge in [0.25, 0.3) is 0 Å². The van der Waals surface area contributed by atoms with E-state index in [1.165, 1.54) is 21.4 Å². The van der Waals surface area contributed by atoms with Gasteiger partial charge in [-0.2, -0.15) is 0 Å². The molecule has 0 bridgehead atoms. The molecule has 0 spiro atoms. The summed E-state index contributed by atoms with van der Waals surface area (Å²) in [5.74, 6) is 0.536. The van der Waals surface area contributed by atoms with Crippen molar-refractivity contribution in [2.75, 3.05) is 25.6 Å². The molecule has 1 aromatic carbocycles. The predicted octanol–water partition coefficient (Wildman–Crippen LogP) is 5.13. The zero-order chi connectivity index (χ0) is 18.9. The van der Waals surface area contributed by atoms with Crippen molar-refractivity contribution in [3.05, 3.63) is 46.9 Å². The highest BCUT2D eigenvalue weighted by Crippen LogP contribution is 2.39. The zero-order valence-corrected chi connectivity index (χ0v) is 17.3. The lowest BCUT2D eigenvalue weighted by Gasteiger charge is -2.17. The van der Waals surface area contributed by atoms with E-state index in [0.29, 0.717) is 12.0 Å². The molecule has 4 heterocycles. The van der Waals surface area contributed by atoms with E-state index in [2.05, 4.69) is 50.9 Å². The number of nitrogens with zero attached hydrogens (tertiary/aromatic N) is 2. The molecule has 1 aliphatic heterocycles. The minimum atomic E-state index is 0.483. The third-order valence-electron chi connectivity index (χ3n) is 5.41. The molecule has 1 aliphatic rings. The SMILES string of the molecule is COCC[C@H]1NCCC1c1cc2c(Nc3ccc4scnc4c3)ccnc2s1. The number of benzene rings is 1. The van der Waals surface area contributed by atoms with E-state index in [0.717, 1.165) is 41.3 Å². The monoisotopic (exact) mass is 410 g/mol. The van der Waals surface area contributed by atoms with Gasteiger partial charge in [-0.25, -0.2) is 9.97 Å². The van der Waals surface area contributed by atoms with Gasteiger partial charge in [-0.15, -0.1) is 22.7 Å². The Bertz CT molecular complexity index is 1110. The number of nitrogens with one attached hydrogen (secondary N) is 2. The summed E-state index contributed by atoms with van der Waals surface area (Å²) in [5, 5.41) is 8.40. The lowest BCUT2D eigenvalue weighted by molar-refractivity contribution is 0.183. The van der Waals surface area contributed by atoms with Crippen LogP contribution in [0.3, 0.4) is 0 Å². The van der Waals surface area contributed by atoms with Gasteiger partial charge >= 0.3 is 0 Å². The van der Waals surface area contributed by atoms with Gasteiger partial charge in [0.1, 0.15) is 4.83 Å². The molecular formula is C21H22N4OS2. The number of hydrogen-bond acceptors (Lipinski definition) is 7. The number of pyridine rings is 1. The largest absolute Gasteiger partial charge is 0.385 e. The first-order valence-electron chi connectivity index (χ1n) is 9.53. The summed E-state index contributed by atoms with van der Waals surface area (Å²) < 4.78 is 6.50. The normalized spacial score (nSPS) is 19.6. The van der Waals surface area contributed by atoms with E-state index in [-0.39, 0.29) is 0 Å². The highest BCUT2D eigenvalue weighted by atomic mass is 32.1. The number of fused-ring (bicyclic) bond motifs is 2. The van der Waals surface area contributed by atoms with Crippen molar-refractivity contribution in [2.45, 2.75) is 24.8 Å². The lowest BCUT2D eigenvalue weighted by atomic mass is 9.96. The molecule has 0 radical (unpaired) electrons. The number of aromatic nitrogens is 2. The fourth-order valence-corrected chi connectivity index (χ4v) is 5.88. The maximum absolute atomic E-state index is 5.29. The van der Waals surface area contributed by atoms with Gasteiger partial charge in [0.2, 0.25) is 0 Å². The van der Waals surface area contributed by atoms with Crippen molar-refractivity contribution in [2.24, 2.45) is 0 Å². The molecule has 5 rings (SSSR count). The van der Waals surface area contributed by atoms with Crippen LogP contribution in [0, 0.1) is 0 Å². The van der Waals surface area contributed by atoms with Crippen molar-refractivity contribution in [3.8, 4) is 0 Å². The number of anilines is 2. The lowest BCUT2D eigenvalue weighted by Crippen LogP contribution is -2.26. The van der Waals surface area contributed by atoms with Crippen molar-refractivity contribution in [1.82, 2.24) is 15.3 Å². The van der Waals surface area contributed by atoms with Gasteiger partial charge in [0.15, 0.2) is 0 Å². The number of thiophene rings is 1. The van der Waals surface area contributed by atoms with Crippen LogP contribution in [0.4, 0.5) is 11.4 Å². The molecule has 2 N–H and O–H groups in total. The van der Waals surface area contributed by atoms with Crippen LogP contribution < -0.4 is 10.6 Å². The summed E-state index contributed by atoms with van der Waals surface area (Å²) in [6.07, 6.45) is 4.10. The fraction of sp³-hybridized carbons (Fsp3) is 0.333. The van der Waals surface area contributed by atoms with Crippen molar-refractivity contribution >= 4 is 54.5 Å². The van der Waals surface area contributed by atoms with Gasteiger partial charge in [0.05, 0.1) is 21.4 Å². The molecule has 3 aromatic heterocycles. The molecule has 0 aliphatic carbocycles. The minimum absolute atomic E-state index is 0.483. The van der Waals surface area contributed by atoms with Gasteiger partial charge < -0.3 is 15.4 Å². The number of rotatable bonds is 6. The minimum Gasteiger partial charge on any atom is -0.385 e. The Morgan fingerprint density at radius 3 is 3.14 bits per heavy atom. The first-order valence-corrected chi connectivity index (χ1v) is 11.2. The topological polar surface area (TPSA) is 59.1 Å². The van der Waals surface area contributed by atoms with E-state index < -0.39 is 0 Å². The van der Waals surface area contributed by atoms with E-state index in [9.17, 15) is 0 Å². The molecular weight excluding hydrogens is 388 g/mol. The van der Waals surface area contributed by atoms with E-state index in [1.54, 1.807) is 18.4 Å². The molecule has 2 atom stereocenters. The average molecular weight is 411 g/mol. The number of thiazole rings is 1. The average Bonchev–Trinajstić information content (AvgIpc) is 3.44. The van der Waals surface area contributed by atoms with Gasteiger partial charge in [-0.1, -0.05) is 0 Å². The van der Waals surface area contributed by atoms with Crippen LogP contribution in [0.25, 0.3) is 20.4 Å². The molecule has 144 valence electrons. The van der Waals surface area contributed by atoms with Gasteiger partial charge in [0, 0.05) is 47.8 Å². The maximum Gasteiger partial charge on any atom is 0.125 e. The molecule has 0 amide bonds. The standard InChI is InChI=1S/C21H22N4OS2/c1-26-9-6-16-14(4-7-22-16)20-11-15-17(5-8-23-21(15)28-20)25-13-2-3-19-18(10-13)24-12-27-19/h2-3,5,8,10-12,14,16,22H,4,6-7,9H2,1H3,(H,23,25)/t14?,16-/m1/s1. The summed E-state index contributed by atoms with van der Waals surface area (Å²) in [4.78, 5) is 11.6. The van der Waals surface area contributed by atoms with Crippen LogP contribution in [0.15, 0.2) is 42.0 Å². The van der Waals surface area contributed by atoms with E-state index in [4.69, 9.17) is 4.74 Å². The maximum atomic E-state index is 5.29. The van der Waals surface area contributed by atoms with Crippen LogP contribution in [0.5, 0.6) is 0 Å². The van der Waals surface area contributed by atoms with E-state index >= 15 is 0 Å². The quantitative estimate of drug-likeness (QED) is 0.461. The molecule has 1 saturated heterocycles. The molecule has 1 fully saturated rings. The number of methoxy groups -OCH3 is 1. The molecule has 4 aromatic rings. The summed E-state index contributed by atoms with van der Waals surface area (Å²) in [7, 11) is 1.77. The van der Waals surface area contributed by atoms with Crippen LogP contribution in [-0.2, 0) is 4.74 Å². The summed E-state index contributed by atoms with van der Waals surface area (Å²) in [5.41, 5.74) is 5.07. The summed E-state index contributed by atoms with van der Waals surface area (Å²) >= 11 is 3.48. The first-order chi connectivity index (χ1) is 13.8. The second kappa shape index (κ2) is 7.75. The van der Waals surface area contributed by atoms with E-state index in [1.807, 2.05) is 23.0 Å². The van der Waals surface area contributed by atoms with Crippen molar-refractivity contribution in [1.29, 1.82) is 0 Å². The van der Waals surface area contributed by atoms with Crippen LogP contribution in [0.1, 0.15) is 23.6 Å². The highest BCUT2D eigenvalue weighted by Gasteiger charge is 2.29. The Balaban J connectivity index is 1.45. The third kappa shape index (κ3) is 3.39. The van der Waals surface area contributed by atoms with Crippen LogP contribution in [0.2, 0.25) is 0 Å². The molecule has 28 heavy (non-hydrogen) atoms. The predicted molar refractivity (Wildman–Crippen MR) is 118 cm³/mol. The number of ether oxygens (including phenoxy) is 1. The molecule has 1 unspecified atom stereocenters. The Morgan fingerprint density at radius 2 is 2.21 bits per heavy atom. The van der Waals surface area contributed by atoms with Crippen LogP contribution >= 0.6 is 22.7 Å². The van der Waals surface area contributed by atoms with Crippen molar-refractivity contribution < 1.29 is 4.74 Å².